The van der Waals surface area contributed by atoms with Gasteiger partial charge in [-0.1, -0.05) is 80.8 Å². The summed E-state index contributed by atoms with van der Waals surface area (Å²) >= 11 is 0. The number of rotatable bonds is 8. The van der Waals surface area contributed by atoms with Crippen LogP contribution in [0.1, 0.15) is 61.4 Å². The Morgan fingerprint density at radius 1 is 0.972 bits per heavy atom. The van der Waals surface area contributed by atoms with Gasteiger partial charge in [0.15, 0.2) is 0 Å². The van der Waals surface area contributed by atoms with E-state index in [0.29, 0.717) is 18.5 Å². The summed E-state index contributed by atoms with van der Waals surface area (Å²) in [6.07, 6.45) is 5.93. The predicted molar refractivity (Wildman–Crippen MR) is 142 cm³/mol. The van der Waals surface area contributed by atoms with Crippen molar-refractivity contribution in [3.63, 3.8) is 0 Å². The Hall–Kier alpha value is -3.67. The molecule has 0 unspecified atom stereocenters. The number of nitrogens with zero attached hydrogens (tertiary/aromatic N) is 2. The Morgan fingerprint density at radius 3 is 2.42 bits per heavy atom. The minimum absolute atomic E-state index is 0.104. The SMILES string of the molecule is CC[C@H](C(=O)NC1CCCCC1)N(Cc1ccccc1)C(=O)CN1C(=O)c2cccc3cccc1c23. The summed E-state index contributed by atoms with van der Waals surface area (Å²) < 4.78 is 0. The summed E-state index contributed by atoms with van der Waals surface area (Å²) in [5, 5.41) is 5.07. The van der Waals surface area contributed by atoms with E-state index in [1.54, 1.807) is 9.80 Å². The second-order valence-electron chi connectivity index (χ2n) is 9.85. The highest BCUT2D eigenvalue weighted by Gasteiger charge is 2.35. The zero-order chi connectivity index (χ0) is 25.1. The van der Waals surface area contributed by atoms with E-state index in [2.05, 4.69) is 5.32 Å². The van der Waals surface area contributed by atoms with Crippen molar-refractivity contribution in [3.05, 3.63) is 77.9 Å². The number of carbonyl (C=O) groups is 3. The van der Waals surface area contributed by atoms with E-state index in [0.717, 1.165) is 47.7 Å². The van der Waals surface area contributed by atoms with Crippen LogP contribution in [0, 0.1) is 0 Å². The first-order chi connectivity index (χ1) is 17.6. The van der Waals surface area contributed by atoms with Gasteiger partial charge in [-0.2, -0.15) is 0 Å². The van der Waals surface area contributed by atoms with Gasteiger partial charge in [-0.05, 0) is 42.3 Å². The molecule has 3 aromatic carbocycles. The first-order valence-corrected chi connectivity index (χ1v) is 13.0. The first kappa shape index (κ1) is 24.0. The van der Waals surface area contributed by atoms with E-state index < -0.39 is 6.04 Å². The molecule has 0 radical (unpaired) electrons. The van der Waals surface area contributed by atoms with Crippen LogP contribution in [-0.4, -0.2) is 41.2 Å². The van der Waals surface area contributed by atoms with E-state index in [1.165, 1.54) is 6.42 Å². The average Bonchev–Trinajstić information content (AvgIpc) is 3.17. The molecule has 1 saturated carbocycles. The monoisotopic (exact) mass is 483 g/mol. The average molecular weight is 484 g/mol. The van der Waals surface area contributed by atoms with Crippen molar-refractivity contribution in [2.45, 2.75) is 64.1 Å². The van der Waals surface area contributed by atoms with E-state index in [4.69, 9.17) is 0 Å². The molecule has 3 amide bonds. The van der Waals surface area contributed by atoms with Crippen molar-refractivity contribution in [2.75, 3.05) is 11.4 Å². The van der Waals surface area contributed by atoms with Gasteiger partial charge in [0.1, 0.15) is 12.6 Å². The molecule has 36 heavy (non-hydrogen) atoms. The maximum absolute atomic E-state index is 13.9. The highest BCUT2D eigenvalue weighted by Crippen LogP contribution is 2.37. The standard InChI is InChI=1S/C30H33N3O3/c1-2-25(29(35)31-23-15-7-4-8-16-23)32(19-21-11-5-3-6-12-21)27(34)20-33-26-18-10-14-22-13-9-17-24(28(22)26)30(33)36/h3,5-6,9-14,17-18,23,25H,2,4,7-8,15-16,19-20H2,1H3,(H,31,35)/t25-/m1/s1. The lowest BCUT2D eigenvalue weighted by atomic mass is 9.95. The molecule has 5 rings (SSSR count). The molecule has 6 heteroatoms. The van der Waals surface area contributed by atoms with Crippen LogP contribution in [0.15, 0.2) is 66.7 Å². The molecule has 0 aromatic heterocycles. The number of benzene rings is 3. The Balaban J connectivity index is 1.41. The Labute approximate surface area is 212 Å². The Morgan fingerprint density at radius 2 is 1.69 bits per heavy atom. The van der Waals surface area contributed by atoms with Gasteiger partial charge >= 0.3 is 0 Å². The predicted octanol–water partition coefficient (Wildman–Crippen LogP) is 5.06. The largest absolute Gasteiger partial charge is 0.352 e. The summed E-state index contributed by atoms with van der Waals surface area (Å²) in [5.74, 6) is -0.510. The molecular formula is C30H33N3O3. The lowest BCUT2D eigenvalue weighted by molar-refractivity contribution is -0.140. The molecule has 1 heterocycles. The second-order valence-corrected chi connectivity index (χ2v) is 9.85. The van der Waals surface area contributed by atoms with Crippen LogP contribution in [0.2, 0.25) is 0 Å². The van der Waals surface area contributed by atoms with Gasteiger partial charge in [0.05, 0.1) is 5.69 Å². The third kappa shape index (κ3) is 4.72. The third-order valence-corrected chi connectivity index (χ3v) is 7.48. The van der Waals surface area contributed by atoms with Crippen molar-refractivity contribution in [1.82, 2.24) is 10.2 Å². The molecular weight excluding hydrogens is 450 g/mol. The fourth-order valence-electron chi connectivity index (χ4n) is 5.61. The minimum Gasteiger partial charge on any atom is -0.352 e. The summed E-state index contributed by atoms with van der Waals surface area (Å²) in [6, 6.07) is 20.7. The fourth-order valence-corrected chi connectivity index (χ4v) is 5.61. The van der Waals surface area contributed by atoms with Gasteiger partial charge in [-0.3, -0.25) is 19.3 Å². The highest BCUT2D eigenvalue weighted by atomic mass is 16.2. The number of carbonyl (C=O) groups excluding carboxylic acids is 3. The van der Waals surface area contributed by atoms with E-state index in [-0.39, 0.29) is 30.3 Å². The minimum atomic E-state index is -0.601. The first-order valence-electron chi connectivity index (χ1n) is 13.0. The lowest BCUT2D eigenvalue weighted by Gasteiger charge is -2.33. The summed E-state index contributed by atoms with van der Waals surface area (Å²) in [7, 11) is 0. The third-order valence-electron chi connectivity index (χ3n) is 7.48. The fraction of sp³-hybridized carbons (Fsp3) is 0.367. The zero-order valence-corrected chi connectivity index (χ0v) is 20.8. The molecule has 1 N–H and O–H groups in total. The van der Waals surface area contributed by atoms with Gasteiger partial charge in [0.25, 0.3) is 5.91 Å². The summed E-state index contributed by atoms with van der Waals surface area (Å²) in [4.78, 5) is 43.8. The van der Waals surface area contributed by atoms with Gasteiger partial charge in [0, 0.05) is 23.5 Å². The van der Waals surface area contributed by atoms with Crippen LogP contribution in [0.25, 0.3) is 10.8 Å². The van der Waals surface area contributed by atoms with Crippen LogP contribution in [0.3, 0.4) is 0 Å². The van der Waals surface area contributed by atoms with E-state index in [1.807, 2.05) is 73.7 Å². The molecule has 1 aliphatic carbocycles. The molecule has 1 fully saturated rings. The Kier molecular flexibility index (Phi) is 7.03. The molecule has 1 aliphatic heterocycles. The molecule has 2 aliphatic rings. The van der Waals surface area contributed by atoms with Crippen LogP contribution < -0.4 is 10.2 Å². The van der Waals surface area contributed by atoms with E-state index in [9.17, 15) is 14.4 Å². The number of amides is 3. The van der Waals surface area contributed by atoms with Crippen LogP contribution >= 0.6 is 0 Å². The van der Waals surface area contributed by atoms with Gasteiger partial charge in [-0.15, -0.1) is 0 Å². The van der Waals surface area contributed by atoms with Crippen LogP contribution in [-0.2, 0) is 16.1 Å². The number of anilines is 1. The summed E-state index contributed by atoms with van der Waals surface area (Å²) in [5.41, 5.74) is 2.32. The number of hydrogen-bond acceptors (Lipinski definition) is 3. The normalized spacial score (nSPS) is 16.2. The molecule has 6 nitrogen and oxygen atoms in total. The van der Waals surface area contributed by atoms with Gasteiger partial charge in [-0.25, -0.2) is 0 Å². The zero-order valence-electron chi connectivity index (χ0n) is 20.8. The smallest absolute Gasteiger partial charge is 0.259 e. The van der Waals surface area contributed by atoms with Gasteiger partial charge < -0.3 is 10.2 Å². The lowest BCUT2D eigenvalue weighted by Crippen LogP contribution is -2.53. The maximum Gasteiger partial charge on any atom is 0.259 e. The van der Waals surface area contributed by atoms with E-state index >= 15 is 0 Å². The van der Waals surface area contributed by atoms with Crippen molar-refractivity contribution in [2.24, 2.45) is 0 Å². The van der Waals surface area contributed by atoms with Crippen molar-refractivity contribution < 1.29 is 14.4 Å². The number of hydrogen-bond donors (Lipinski definition) is 1. The van der Waals surface area contributed by atoms with Gasteiger partial charge in [0.2, 0.25) is 11.8 Å². The van der Waals surface area contributed by atoms with Crippen LogP contribution in [0.4, 0.5) is 5.69 Å². The molecule has 0 bridgehead atoms. The number of nitrogens with one attached hydrogen (secondary N) is 1. The Bertz CT molecular complexity index is 1260. The van der Waals surface area contributed by atoms with Crippen LogP contribution in [0.5, 0.6) is 0 Å². The topological polar surface area (TPSA) is 69.7 Å². The molecule has 186 valence electrons. The van der Waals surface area contributed by atoms with Crippen molar-refractivity contribution in [3.8, 4) is 0 Å². The highest BCUT2D eigenvalue weighted by molar-refractivity contribution is 6.26. The molecule has 3 aromatic rings. The molecule has 0 spiro atoms. The quantitative estimate of drug-likeness (QED) is 0.487. The second kappa shape index (κ2) is 10.5. The maximum atomic E-state index is 13.9. The van der Waals surface area contributed by atoms with Crippen molar-refractivity contribution >= 4 is 34.2 Å². The molecule has 0 saturated heterocycles. The molecule has 1 atom stereocenters. The summed E-state index contributed by atoms with van der Waals surface area (Å²) in [6.45, 7) is 2.15. The van der Waals surface area contributed by atoms with Crippen molar-refractivity contribution in [1.29, 1.82) is 0 Å².